The van der Waals surface area contributed by atoms with E-state index in [1.165, 1.54) is 58.0 Å². The molecule has 1 aliphatic rings. The van der Waals surface area contributed by atoms with E-state index in [0.29, 0.717) is 0 Å². The fraction of sp³-hybridized carbons (Fsp3) is 1.00. The number of methoxy groups -OCH3 is 1. The summed E-state index contributed by atoms with van der Waals surface area (Å²) in [6.07, 6.45) is 9.37. The van der Waals surface area contributed by atoms with Crippen molar-refractivity contribution in [2.45, 2.75) is 70.9 Å². The van der Waals surface area contributed by atoms with Crippen molar-refractivity contribution in [2.75, 3.05) is 33.4 Å². The van der Waals surface area contributed by atoms with Gasteiger partial charge in [-0.15, -0.1) is 0 Å². The first kappa shape index (κ1) is 16.9. The van der Waals surface area contributed by atoms with Gasteiger partial charge in [-0.25, -0.2) is 0 Å². The molecular formula is C16H34N2O. The second-order valence-electron chi connectivity index (χ2n) is 5.79. The number of hydrogen-bond acceptors (Lipinski definition) is 3. The van der Waals surface area contributed by atoms with Gasteiger partial charge in [-0.05, 0) is 45.2 Å². The zero-order chi connectivity index (χ0) is 13.9. The number of hydrogen-bond donors (Lipinski definition) is 1. The molecule has 19 heavy (non-hydrogen) atoms. The summed E-state index contributed by atoms with van der Waals surface area (Å²) in [6, 6.07) is 1.53. The van der Waals surface area contributed by atoms with Crippen LogP contribution in [-0.2, 0) is 4.74 Å². The highest BCUT2D eigenvalue weighted by Crippen LogP contribution is 2.17. The Kier molecular flexibility index (Phi) is 9.48. The van der Waals surface area contributed by atoms with Crippen LogP contribution in [0.2, 0.25) is 0 Å². The van der Waals surface area contributed by atoms with E-state index >= 15 is 0 Å². The molecule has 1 rings (SSSR count). The van der Waals surface area contributed by atoms with Crippen LogP contribution >= 0.6 is 0 Å². The van der Waals surface area contributed by atoms with E-state index in [1.807, 2.05) is 0 Å². The molecule has 0 amide bonds. The predicted octanol–water partition coefficient (Wildman–Crippen LogP) is 3.05. The Bertz CT molecular complexity index is 201. The molecule has 114 valence electrons. The SMILES string of the molecule is CCC(CC)N(CCCNC1CCCC1)CCOC. The standard InChI is InChI=1S/C16H34N2O/c1-4-16(5-2)18(13-14-19-3)12-8-11-17-15-9-6-7-10-15/h15-17H,4-14H2,1-3H3. The van der Waals surface area contributed by atoms with Crippen LogP contribution in [0.4, 0.5) is 0 Å². The molecule has 0 spiro atoms. The molecule has 0 aromatic rings. The maximum atomic E-state index is 5.24. The number of nitrogens with one attached hydrogen (secondary N) is 1. The number of nitrogens with zero attached hydrogens (tertiary/aromatic N) is 1. The van der Waals surface area contributed by atoms with Crippen molar-refractivity contribution in [2.24, 2.45) is 0 Å². The van der Waals surface area contributed by atoms with E-state index in [0.717, 1.165) is 25.2 Å². The molecule has 3 heteroatoms. The van der Waals surface area contributed by atoms with Crippen LogP contribution < -0.4 is 5.32 Å². The highest BCUT2D eigenvalue weighted by molar-refractivity contribution is 4.74. The molecule has 0 unspecified atom stereocenters. The van der Waals surface area contributed by atoms with Gasteiger partial charge < -0.3 is 10.1 Å². The summed E-state index contributed by atoms with van der Waals surface area (Å²) < 4.78 is 5.24. The van der Waals surface area contributed by atoms with Crippen molar-refractivity contribution in [3.05, 3.63) is 0 Å². The molecule has 0 aromatic carbocycles. The molecule has 3 nitrogen and oxygen atoms in total. The van der Waals surface area contributed by atoms with Crippen molar-refractivity contribution in [1.29, 1.82) is 0 Å². The summed E-state index contributed by atoms with van der Waals surface area (Å²) in [5, 5.41) is 3.71. The zero-order valence-electron chi connectivity index (χ0n) is 13.3. The fourth-order valence-electron chi connectivity index (χ4n) is 3.21. The minimum atomic E-state index is 0.724. The Balaban J connectivity index is 2.18. The maximum Gasteiger partial charge on any atom is 0.0589 e. The van der Waals surface area contributed by atoms with Gasteiger partial charge in [0.2, 0.25) is 0 Å². The van der Waals surface area contributed by atoms with Crippen molar-refractivity contribution in [1.82, 2.24) is 10.2 Å². The Morgan fingerprint density at radius 3 is 2.42 bits per heavy atom. The molecule has 1 N–H and O–H groups in total. The molecule has 0 atom stereocenters. The van der Waals surface area contributed by atoms with Crippen molar-refractivity contribution in [3.63, 3.8) is 0 Å². The minimum absolute atomic E-state index is 0.724. The molecular weight excluding hydrogens is 236 g/mol. The van der Waals surface area contributed by atoms with Gasteiger partial charge in [-0.3, -0.25) is 4.90 Å². The average molecular weight is 270 g/mol. The van der Waals surface area contributed by atoms with Crippen LogP contribution in [-0.4, -0.2) is 50.3 Å². The molecule has 0 bridgehead atoms. The van der Waals surface area contributed by atoms with Crippen LogP contribution in [0.5, 0.6) is 0 Å². The van der Waals surface area contributed by atoms with E-state index in [1.54, 1.807) is 7.11 Å². The van der Waals surface area contributed by atoms with Crippen molar-refractivity contribution in [3.8, 4) is 0 Å². The van der Waals surface area contributed by atoms with E-state index < -0.39 is 0 Å². The van der Waals surface area contributed by atoms with Crippen molar-refractivity contribution < 1.29 is 4.74 Å². The molecule has 0 heterocycles. The highest BCUT2D eigenvalue weighted by Gasteiger charge is 2.16. The molecule has 1 aliphatic carbocycles. The molecule has 0 saturated heterocycles. The van der Waals surface area contributed by atoms with Gasteiger partial charge >= 0.3 is 0 Å². The predicted molar refractivity (Wildman–Crippen MR) is 82.7 cm³/mol. The summed E-state index contributed by atoms with van der Waals surface area (Å²) in [4.78, 5) is 2.61. The molecule has 0 radical (unpaired) electrons. The molecule has 1 fully saturated rings. The van der Waals surface area contributed by atoms with E-state index in [9.17, 15) is 0 Å². The zero-order valence-corrected chi connectivity index (χ0v) is 13.3. The van der Waals surface area contributed by atoms with Crippen LogP contribution in [0.25, 0.3) is 0 Å². The Labute approximate surface area is 120 Å². The van der Waals surface area contributed by atoms with E-state index in [2.05, 4.69) is 24.1 Å². The quantitative estimate of drug-likeness (QED) is 0.584. The van der Waals surface area contributed by atoms with Gasteiger partial charge in [0, 0.05) is 25.7 Å². The summed E-state index contributed by atoms with van der Waals surface area (Å²) in [5.41, 5.74) is 0. The summed E-state index contributed by atoms with van der Waals surface area (Å²) in [7, 11) is 1.80. The third-order valence-electron chi connectivity index (χ3n) is 4.45. The normalized spacial score (nSPS) is 16.9. The van der Waals surface area contributed by atoms with Gasteiger partial charge in [0.1, 0.15) is 0 Å². The van der Waals surface area contributed by atoms with Crippen LogP contribution in [0, 0.1) is 0 Å². The first-order valence-electron chi connectivity index (χ1n) is 8.28. The Morgan fingerprint density at radius 1 is 1.16 bits per heavy atom. The minimum Gasteiger partial charge on any atom is -0.383 e. The van der Waals surface area contributed by atoms with Gasteiger partial charge in [0.25, 0.3) is 0 Å². The number of rotatable bonds is 11. The first-order chi connectivity index (χ1) is 9.31. The maximum absolute atomic E-state index is 5.24. The Morgan fingerprint density at radius 2 is 1.84 bits per heavy atom. The average Bonchev–Trinajstić information content (AvgIpc) is 2.94. The summed E-state index contributed by atoms with van der Waals surface area (Å²) >= 11 is 0. The fourth-order valence-corrected chi connectivity index (χ4v) is 3.21. The topological polar surface area (TPSA) is 24.5 Å². The van der Waals surface area contributed by atoms with E-state index in [-0.39, 0.29) is 0 Å². The monoisotopic (exact) mass is 270 g/mol. The van der Waals surface area contributed by atoms with Gasteiger partial charge in [-0.1, -0.05) is 26.7 Å². The lowest BCUT2D eigenvalue weighted by Crippen LogP contribution is -2.39. The van der Waals surface area contributed by atoms with Gasteiger partial charge in [0.05, 0.1) is 6.61 Å². The number of ether oxygens (including phenoxy) is 1. The smallest absolute Gasteiger partial charge is 0.0589 e. The summed E-state index contributed by atoms with van der Waals surface area (Å²) in [6.45, 7) is 8.90. The van der Waals surface area contributed by atoms with Crippen molar-refractivity contribution >= 4 is 0 Å². The molecule has 0 aromatic heterocycles. The highest BCUT2D eigenvalue weighted by atomic mass is 16.5. The summed E-state index contributed by atoms with van der Waals surface area (Å²) in [5.74, 6) is 0. The largest absolute Gasteiger partial charge is 0.383 e. The van der Waals surface area contributed by atoms with Gasteiger partial charge in [-0.2, -0.15) is 0 Å². The Hall–Kier alpha value is -0.120. The second-order valence-corrected chi connectivity index (χ2v) is 5.79. The lowest BCUT2D eigenvalue weighted by molar-refractivity contribution is 0.114. The third-order valence-corrected chi connectivity index (χ3v) is 4.45. The molecule has 1 saturated carbocycles. The first-order valence-corrected chi connectivity index (χ1v) is 8.28. The third kappa shape index (κ3) is 6.73. The van der Waals surface area contributed by atoms with E-state index in [4.69, 9.17) is 4.74 Å². The van der Waals surface area contributed by atoms with Crippen LogP contribution in [0.15, 0.2) is 0 Å². The molecule has 0 aliphatic heterocycles. The van der Waals surface area contributed by atoms with Gasteiger partial charge in [0.15, 0.2) is 0 Å². The lowest BCUT2D eigenvalue weighted by Gasteiger charge is -2.30. The van der Waals surface area contributed by atoms with Crippen LogP contribution in [0.1, 0.15) is 58.8 Å². The van der Waals surface area contributed by atoms with Crippen LogP contribution in [0.3, 0.4) is 0 Å². The second kappa shape index (κ2) is 10.6. The lowest BCUT2D eigenvalue weighted by atomic mass is 10.1.